The van der Waals surface area contributed by atoms with Crippen LogP contribution in [0.25, 0.3) is 5.70 Å². The van der Waals surface area contributed by atoms with Crippen LogP contribution in [-0.4, -0.2) is 84.6 Å². The molecule has 2 aromatic carbocycles. The molecule has 11 nitrogen and oxygen atoms in total. The first-order chi connectivity index (χ1) is 23.0. The molecule has 1 aromatic heterocycles. The molecule has 4 heterocycles. The minimum absolute atomic E-state index is 0.299. The van der Waals surface area contributed by atoms with Gasteiger partial charge in [-0.2, -0.15) is 0 Å². The quantitative estimate of drug-likeness (QED) is 0.263. The number of rotatable bonds is 8. The number of carbonyl (C=O) groups is 3. The monoisotopic (exact) mass is 691 g/mol. The Morgan fingerprint density at radius 3 is 2.17 bits per heavy atom. The van der Waals surface area contributed by atoms with Gasteiger partial charge in [0.25, 0.3) is 5.91 Å². The highest BCUT2D eigenvalue weighted by Gasteiger charge is 2.30. The van der Waals surface area contributed by atoms with E-state index in [1.807, 2.05) is 49.9 Å². The van der Waals surface area contributed by atoms with Crippen LogP contribution in [0.5, 0.6) is 0 Å². The van der Waals surface area contributed by atoms with E-state index in [0.717, 1.165) is 31.6 Å². The van der Waals surface area contributed by atoms with Crippen LogP contribution in [-0.2, 0) is 9.53 Å². The molecule has 3 aliphatic rings. The van der Waals surface area contributed by atoms with Gasteiger partial charge in [-0.3, -0.25) is 14.5 Å². The number of pyridine rings is 1. The van der Waals surface area contributed by atoms with Crippen molar-refractivity contribution in [3.05, 3.63) is 81.6 Å². The van der Waals surface area contributed by atoms with Gasteiger partial charge in [0.1, 0.15) is 11.4 Å². The van der Waals surface area contributed by atoms with E-state index in [4.69, 9.17) is 27.9 Å². The Hall–Kier alpha value is -4.48. The van der Waals surface area contributed by atoms with Gasteiger partial charge in [0.15, 0.2) is 0 Å². The molecule has 3 aromatic rings. The fraction of sp³-hybridized carbons (Fsp3) is 0.371. The maximum atomic E-state index is 13.9. The molecule has 3 fully saturated rings. The highest BCUT2D eigenvalue weighted by molar-refractivity contribution is 6.32. The van der Waals surface area contributed by atoms with E-state index in [1.165, 1.54) is 28.9 Å². The van der Waals surface area contributed by atoms with Gasteiger partial charge in [-0.25, -0.2) is 9.78 Å². The van der Waals surface area contributed by atoms with Gasteiger partial charge in [0.05, 0.1) is 27.8 Å². The number of anilines is 4. The fourth-order valence-corrected chi connectivity index (χ4v) is 6.17. The lowest BCUT2D eigenvalue weighted by atomic mass is 9.99. The van der Waals surface area contributed by atoms with Crippen molar-refractivity contribution in [1.29, 1.82) is 0 Å². The summed E-state index contributed by atoms with van der Waals surface area (Å²) >= 11 is 12.8. The van der Waals surface area contributed by atoms with Crippen molar-refractivity contribution < 1.29 is 19.1 Å². The minimum Gasteiger partial charge on any atom is -0.444 e. The van der Waals surface area contributed by atoms with Gasteiger partial charge in [-0.05, 0) is 69.2 Å². The van der Waals surface area contributed by atoms with Crippen LogP contribution >= 0.6 is 23.2 Å². The van der Waals surface area contributed by atoms with E-state index >= 15 is 0 Å². The SMILES string of the molecule is CC(C)(C)OC(=O)N1CCN(c2cc(Cl)cc(N(C=O)c3ccc(Cl)cn3)c2NC(=O)c2ccc(C(=C3CCN3)N3CCC3)cc2)CC1. The van der Waals surface area contributed by atoms with Crippen molar-refractivity contribution in [2.24, 2.45) is 0 Å². The smallest absolute Gasteiger partial charge is 0.410 e. The molecule has 48 heavy (non-hydrogen) atoms. The van der Waals surface area contributed by atoms with Crippen LogP contribution in [0.2, 0.25) is 10.0 Å². The van der Waals surface area contributed by atoms with Gasteiger partial charge in [-0.15, -0.1) is 0 Å². The molecule has 0 unspecified atom stereocenters. The lowest BCUT2D eigenvalue weighted by Gasteiger charge is -2.39. The summed E-state index contributed by atoms with van der Waals surface area (Å²) in [6, 6.07) is 14.2. The Morgan fingerprint density at radius 1 is 0.938 bits per heavy atom. The third kappa shape index (κ3) is 7.32. The third-order valence-corrected chi connectivity index (χ3v) is 8.93. The van der Waals surface area contributed by atoms with Crippen molar-refractivity contribution in [2.45, 2.75) is 39.2 Å². The second-order valence-electron chi connectivity index (χ2n) is 13.0. The second kappa shape index (κ2) is 13.9. The Morgan fingerprint density at radius 2 is 1.62 bits per heavy atom. The number of benzene rings is 2. The second-order valence-corrected chi connectivity index (χ2v) is 13.8. The van der Waals surface area contributed by atoms with E-state index in [0.29, 0.717) is 71.1 Å². The molecular formula is C35H39Cl2N7O4. The maximum Gasteiger partial charge on any atom is 0.410 e. The van der Waals surface area contributed by atoms with Crippen molar-refractivity contribution in [2.75, 3.05) is 60.9 Å². The van der Waals surface area contributed by atoms with Crippen LogP contribution < -0.4 is 20.4 Å². The molecule has 3 aliphatic heterocycles. The predicted molar refractivity (Wildman–Crippen MR) is 189 cm³/mol. The highest BCUT2D eigenvalue weighted by Crippen LogP contribution is 2.42. The molecule has 13 heteroatoms. The zero-order chi connectivity index (χ0) is 34.0. The van der Waals surface area contributed by atoms with E-state index in [9.17, 15) is 14.4 Å². The highest BCUT2D eigenvalue weighted by atomic mass is 35.5. The van der Waals surface area contributed by atoms with E-state index < -0.39 is 5.60 Å². The summed E-state index contributed by atoms with van der Waals surface area (Å²) in [7, 11) is 0. The zero-order valence-corrected chi connectivity index (χ0v) is 28.8. The summed E-state index contributed by atoms with van der Waals surface area (Å²) < 4.78 is 5.57. The number of carbonyl (C=O) groups excluding carboxylic acids is 3. The van der Waals surface area contributed by atoms with Crippen LogP contribution in [0.3, 0.4) is 0 Å². The Bertz CT molecular complexity index is 1710. The topological polar surface area (TPSA) is 110 Å². The molecule has 0 atom stereocenters. The van der Waals surface area contributed by atoms with Gasteiger partial charge in [0, 0.05) is 74.7 Å². The summed E-state index contributed by atoms with van der Waals surface area (Å²) in [5, 5.41) is 7.29. The molecule has 0 aliphatic carbocycles. The number of aromatic nitrogens is 1. The molecule has 2 N–H and O–H groups in total. The number of nitrogens with zero attached hydrogens (tertiary/aromatic N) is 5. The molecule has 0 saturated carbocycles. The van der Waals surface area contributed by atoms with Crippen molar-refractivity contribution in [3.63, 3.8) is 0 Å². The van der Waals surface area contributed by atoms with Gasteiger partial charge in [-0.1, -0.05) is 35.3 Å². The third-order valence-electron chi connectivity index (χ3n) is 8.49. The fourth-order valence-electron chi connectivity index (χ4n) is 5.85. The Balaban J connectivity index is 1.32. The number of halogens is 2. The standard InChI is InChI=1S/C35H39Cl2N7O4/c1-35(2,3)48-34(47)43-17-15-41(16-18-43)28-19-26(37)20-29(44(22-45)30-10-9-25(36)21-39-30)31(28)40-33(46)24-7-5-23(6-8-24)32(27-11-12-38-27)42-13-4-14-42/h5-10,19-22,38H,4,11-18H2,1-3H3,(H,40,46). The van der Waals surface area contributed by atoms with Gasteiger partial charge in [0.2, 0.25) is 6.41 Å². The first kappa shape index (κ1) is 33.4. The zero-order valence-electron chi connectivity index (χ0n) is 27.3. The van der Waals surface area contributed by atoms with Crippen LogP contribution in [0.1, 0.15) is 49.5 Å². The summed E-state index contributed by atoms with van der Waals surface area (Å²) in [4.78, 5) is 51.0. The van der Waals surface area contributed by atoms with E-state index in [-0.39, 0.29) is 12.0 Å². The molecule has 0 spiro atoms. The van der Waals surface area contributed by atoms with E-state index in [2.05, 4.69) is 20.5 Å². The minimum atomic E-state index is -0.610. The van der Waals surface area contributed by atoms with Gasteiger partial charge >= 0.3 is 6.09 Å². The number of hydrogen-bond donors (Lipinski definition) is 2. The largest absolute Gasteiger partial charge is 0.444 e. The lowest BCUT2D eigenvalue weighted by molar-refractivity contribution is -0.106. The predicted octanol–water partition coefficient (Wildman–Crippen LogP) is 6.36. The Kier molecular flexibility index (Phi) is 9.70. The first-order valence-corrected chi connectivity index (χ1v) is 16.8. The van der Waals surface area contributed by atoms with Crippen LogP contribution in [0.15, 0.2) is 60.4 Å². The molecule has 3 amide bonds. The van der Waals surface area contributed by atoms with Crippen molar-refractivity contribution >= 4 is 70.2 Å². The molecule has 6 rings (SSSR count). The van der Waals surface area contributed by atoms with Crippen molar-refractivity contribution in [1.82, 2.24) is 20.1 Å². The average molecular weight is 693 g/mol. The number of likely N-dealkylation sites (tertiary alicyclic amines) is 1. The summed E-state index contributed by atoms with van der Waals surface area (Å²) in [5.74, 6) is -0.0537. The number of hydrogen-bond acceptors (Lipinski definition) is 8. The van der Waals surface area contributed by atoms with Crippen LogP contribution in [0.4, 0.5) is 27.7 Å². The van der Waals surface area contributed by atoms with Crippen molar-refractivity contribution in [3.8, 4) is 0 Å². The molecule has 3 saturated heterocycles. The van der Waals surface area contributed by atoms with E-state index in [1.54, 1.807) is 29.2 Å². The molecular weight excluding hydrogens is 653 g/mol. The maximum absolute atomic E-state index is 13.9. The van der Waals surface area contributed by atoms with Gasteiger partial charge < -0.3 is 30.1 Å². The summed E-state index contributed by atoms with van der Waals surface area (Å²) in [5.41, 5.74) is 4.66. The average Bonchev–Trinajstić information content (AvgIpc) is 3.00. The normalized spacial score (nSPS) is 17.1. The first-order valence-electron chi connectivity index (χ1n) is 16.1. The number of piperazine rings is 1. The summed E-state index contributed by atoms with van der Waals surface area (Å²) in [6.45, 7) is 10.2. The molecule has 252 valence electrons. The number of amides is 3. The molecule has 0 bridgehead atoms. The lowest BCUT2D eigenvalue weighted by Crippen LogP contribution is -2.50. The molecule has 0 radical (unpaired) electrons. The number of nitrogens with one attached hydrogen (secondary N) is 2. The summed E-state index contributed by atoms with van der Waals surface area (Å²) in [6.07, 6.45) is 3.86. The Labute approximate surface area is 290 Å². The number of ether oxygens (including phenoxy) is 1. The van der Waals surface area contributed by atoms with Crippen LogP contribution in [0, 0.1) is 0 Å².